The van der Waals surface area contributed by atoms with E-state index in [0.29, 0.717) is 5.56 Å². The van der Waals surface area contributed by atoms with Crippen molar-refractivity contribution in [3.63, 3.8) is 0 Å². The molecule has 0 aliphatic rings. The highest BCUT2D eigenvalue weighted by atomic mass is 19.1. The number of aliphatic hydroxyl groups excluding tert-OH is 1. The van der Waals surface area contributed by atoms with Crippen molar-refractivity contribution >= 4 is 0 Å². The summed E-state index contributed by atoms with van der Waals surface area (Å²) >= 11 is 0. The Kier molecular flexibility index (Phi) is 3.39. The van der Waals surface area contributed by atoms with Crippen LogP contribution >= 0.6 is 0 Å². The van der Waals surface area contributed by atoms with Gasteiger partial charge in [-0.05, 0) is 18.1 Å². The highest BCUT2D eigenvalue weighted by Gasteiger charge is 2.11. The quantitative estimate of drug-likeness (QED) is 0.746. The van der Waals surface area contributed by atoms with Crippen molar-refractivity contribution in [1.82, 2.24) is 0 Å². The topological polar surface area (TPSA) is 46.2 Å². The third-order valence-corrected chi connectivity index (χ3v) is 1.97. The molecule has 0 amide bonds. The minimum Gasteiger partial charge on any atom is -0.387 e. The Bertz CT molecular complexity index is 258. The summed E-state index contributed by atoms with van der Waals surface area (Å²) in [5.41, 5.74) is 6.86. The van der Waals surface area contributed by atoms with Gasteiger partial charge in [0.05, 0.1) is 6.10 Å². The molecule has 3 N–H and O–H groups in total. The van der Waals surface area contributed by atoms with E-state index in [1.54, 1.807) is 31.2 Å². The minimum atomic E-state index is -0.673. The summed E-state index contributed by atoms with van der Waals surface area (Å²) in [6.45, 7) is 1.25. The van der Waals surface area contributed by atoms with Crippen molar-refractivity contribution in [3.05, 3.63) is 35.4 Å². The predicted octanol–water partition coefficient (Wildman–Crippen LogP) is 1.54. The van der Waals surface area contributed by atoms with Crippen molar-refractivity contribution in [1.29, 1.82) is 0 Å². The zero-order valence-corrected chi connectivity index (χ0v) is 7.57. The number of rotatable bonds is 3. The molecule has 1 aromatic carbocycles. The van der Waals surface area contributed by atoms with Crippen LogP contribution in [0.3, 0.4) is 0 Å². The highest BCUT2D eigenvalue weighted by molar-refractivity contribution is 5.24. The van der Waals surface area contributed by atoms with Crippen molar-refractivity contribution in [2.24, 2.45) is 5.73 Å². The maximum absolute atomic E-state index is 12.1. The van der Waals surface area contributed by atoms with Crippen LogP contribution in [0, 0.1) is 0 Å². The van der Waals surface area contributed by atoms with Crippen LogP contribution < -0.4 is 5.73 Å². The van der Waals surface area contributed by atoms with Crippen LogP contribution in [0.25, 0.3) is 0 Å². The van der Waals surface area contributed by atoms with E-state index in [1.165, 1.54) is 0 Å². The van der Waals surface area contributed by atoms with E-state index in [4.69, 9.17) is 5.73 Å². The maximum Gasteiger partial charge on any atom is 0.115 e. The molecular formula is C10H14FNO. The molecule has 2 atom stereocenters. The smallest absolute Gasteiger partial charge is 0.115 e. The van der Waals surface area contributed by atoms with Gasteiger partial charge in [-0.3, -0.25) is 0 Å². The van der Waals surface area contributed by atoms with E-state index in [-0.39, 0.29) is 6.04 Å². The molecule has 0 aliphatic heterocycles. The van der Waals surface area contributed by atoms with Gasteiger partial charge < -0.3 is 10.8 Å². The average molecular weight is 183 g/mol. The van der Waals surface area contributed by atoms with Crippen LogP contribution in [0.4, 0.5) is 4.39 Å². The van der Waals surface area contributed by atoms with Gasteiger partial charge in [-0.25, -0.2) is 4.39 Å². The fraction of sp³-hybridized carbons (Fsp3) is 0.400. The second-order valence-electron chi connectivity index (χ2n) is 3.18. The summed E-state index contributed by atoms with van der Waals surface area (Å²) in [5.74, 6) is 0. The number of hydrogen-bond acceptors (Lipinski definition) is 2. The van der Waals surface area contributed by atoms with Crippen molar-refractivity contribution in [2.45, 2.75) is 25.7 Å². The Morgan fingerprint density at radius 3 is 2.31 bits per heavy atom. The van der Waals surface area contributed by atoms with Crippen LogP contribution in [0.5, 0.6) is 0 Å². The van der Waals surface area contributed by atoms with Crippen molar-refractivity contribution < 1.29 is 9.50 Å². The first-order valence-corrected chi connectivity index (χ1v) is 4.23. The van der Waals surface area contributed by atoms with E-state index in [0.717, 1.165) is 5.56 Å². The van der Waals surface area contributed by atoms with Crippen LogP contribution in [0.2, 0.25) is 0 Å². The number of nitrogens with two attached hydrogens (primary N) is 1. The molecule has 0 spiro atoms. The second kappa shape index (κ2) is 4.35. The lowest BCUT2D eigenvalue weighted by molar-refractivity contribution is 0.153. The molecule has 0 saturated carbocycles. The summed E-state index contributed by atoms with van der Waals surface area (Å²) in [7, 11) is 0. The monoisotopic (exact) mass is 183 g/mol. The second-order valence-corrected chi connectivity index (χ2v) is 3.18. The molecule has 72 valence electrons. The summed E-state index contributed by atoms with van der Waals surface area (Å²) < 4.78 is 12.1. The standard InChI is InChI=1S/C10H14FNO/c1-7(12)10(13)9-4-2-8(6-11)3-5-9/h2-5,7,10,13H,6,12H2,1H3. The first-order valence-electron chi connectivity index (χ1n) is 4.23. The van der Waals surface area contributed by atoms with Gasteiger partial charge in [0, 0.05) is 6.04 Å². The number of hydrogen-bond donors (Lipinski definition) is 2. The lowest BCUT2D eigenvalue weighted by atomic mass is 10.0. The molecule has 0 aromatic heterocycles. The Morgan fingerprint density at radius 2 is 1.92 bits per heavy atom. The Morgan fingerprint density at radius 1 is 1.38 bits per heavy atom. The van der Waals surface area contributed by atoms with Crippen LogP contribution in [-0.4, -0.2) is 11.1 Å². The van der Waals surface area contributed by atoms with E-state index < -0.39 is 12.8 Å². The summed E-state index contributed by atoms with van der Waals surface area (Å²) in [6.07, 6.45) is -0.673. The molecule has 0 fully saturated rings. The van der Waals surface area contributed by atoms with Crippen LogP contribution in [0.1, 0.15) is 24.2 Å². The third kappa shape index (κ3) is 2.50. The predicted molar refractivity (Wildman–Crippen MR) is 49.9 cm³/mol. The normalized spacial score (nSPS) is 15.4. The number of halogens is 1. The van der Waals surface area contributed by atoms with E-state index >= 15 is 0 Å². The van der Waals surface area contributed by atoms with Crippen LogP contribution in [-0.2, 0) is 6.67 Å². The molecule has 0 saturated heterocycles. The third-order valence-electron chi connectivity index (χ3n) is 1.97. The van der Waals surface area contributed by atoms with Gasteiger partial charge in [0.2, 0.25) is 0 Å². The zero-order valence-electron chi connectivity index (χ0n) is 7.57. The summed E-state index contributed by atoms with van der Waals surface area (Å²) in [6, 6.07) is 6.39. The van der Waals surface area contributed by atoms with Crippen LogP contribution in [0.15, 0.2) is 24.3 Å². The molecule has 2 nitrogen and oxygen atoms in total. The summed E-state index contributed by atoms with van der Waals surface area (Å²) in [5, 5.41) is 9.54. The molecule has 13 heavy (non-hydrogen) atoms. The van der Waals surface area contributed by atoms with Gasteiger partial charge in [-0.2, -0.15) is 0 Å². The first-order chi connectivity index (χ1) is 6.15. The molecule has 0 radical (unpaired) electrons. The molecule has 1 aromatic rings. The molecule has 0 aliphatic carbocycles. The van der Waals surface area contributed by atoms with E-state index in [1.807, 2.05) is 0 Å². The zero-order chi connectivity index (χ0) is 9.84. The molecule has 1 rings (SSSR count). The molecule has 3 heteroatoms. The van der Waals surface area contributed by atoms with Gasteiger partial charge in [-0.15, -0.1) is 0 Å². The highest BCUT2D eigenvalue weighted by Crippen LogP contribution is 2.16. The molecule has 0 heterocycles. The SMILES string of the molecule is CC(N)C(O)c1ccc(CF)cc1. The maximum atomic E-state index is 12.1. The summed E-state index contributed by atoms with van der Waals surface area (Å²) in [4.78, 5) is 0. The first kappa shape index (κ1) is 10.2. The van der Waals surface area contributed by atoms with Gasteiger partial charge in [0.15, 0.2) is 0 Å². The van der Waals surface area contributed by atoms with Gasteiger partial charge in [0.25, 0.3) is 0 Å². The van der Waals surface area contributed by atoms with E-state index in [2.05, 4.69) is 0 Å². The molecular weight excluding hydrogens is 169 g/mol. The number of aliphatic hydroxyl groups is 1. The van der Waals surface area contributed by atoms with Crippen molar-refractivity contribution in [3.8, 4) is 0 Å². The molecule has 0 bridgehead atoms. The number of alkyl halides is 1. The average Bonchev–Trinajstić information content (AvgIpc) is 2.17. The fourth-order valence-corrected chi connectivity index (χ4v) is 1.11. The number of benzene rings is 1. The lowest BCUT2D eigenvalue weighted by Crippen LogP contribution is -2.24. The van der Waals surface area contributed by atoms with E-state index in [9.17, 15) is 9.50 Å². The minimum absolute atomic E-state index is 0.309. The van der Waals surface area contributed by atoms with Gasteiger partial charge in [-0.1, -0.05) is 24.3 Å². The lowest BCUT2D eigenvalue weighted by Gasteiger charge is -2.14. The molecule has 2 unspecified atom stereocenters. The largest absolute Gasteiger partial charge is 0.387 e. The van der Waals surface area contributed by atoms with Gasteiger partial charge in [0.1, 0.15) is 6.67 Å². The van der Waals surface area contributed by atoms with Crippen molar-refractivity contribution in [2.75, 3.05) is 0 Å². The Balaban J connectivity index is 2.79. The Hall–Kier alpha value is -0.930. The Labute approximate surface area is 77.2 Å². The fourth-order valence-electron chi connectivity index (χ4n) is 1.11. The van der Waals surface area contributed by atoms with Gasteiger partial charge >= 0.3 is 0 Å².